The van der Waals surface area contributed by atoms with Gasteiger partial charge in [0.2, 0.25) is 5.30 Å². The third kappa shape index (κ3) is 2.23. The molecule has 0 saturated heterocycles. The van der Waals surface area contributed by atoms with Crippen LogP contribution in [0.25, 0.3) is 21.5 Å². The molecule has 3 rings (SSSR count). The molecule has 18 heavy (non-hydrogen) atoms. The van der Waals surface area contributed by atoms with Crippen molar-refractivity contribution in [3.63, 3.8) is 0 Å². The van der Waals surface area contributed by atoms with Crippen LogP contribution >= 0.6 is 8.03 Å². The number of fused-ring (bicyclic) bond motifs is 2. The number of rotatable bonds is 1. The van der Waals surface area contributed by atoms with Crippen LogP contribution in [-0.2, 0) is 4.57 Å². The second kappa shape index (κ2) is 5.48. The fourth-order valence-electron chi connectivity index (χ4n) is 2.20. The molecule has 3 aromatic rings. The van der Waals surface area contributed by atoms with Gasteiger partial charge in [-0.25, -0.2) is 0 Å². The predicted molar refractivity (Wildman–Crippen MR) is 72.0 cm³/mol. The molecule has 84 valence electrons. The van der Waals surface area contributed by atoms with Gasteiger partial charge in [0.05, 0.1) is 0 Å². The van der Waals surface area contributed by atoms with E-state index in [0.29, 0.717) is 5.30 Å². The molecule has 1 unspecified atom stereocenters. The minimum absolute atomic E-state index is 0. The summed E-state index contributed by atoms with van der Waals surface area (Å²) in [5, 5.41) is 4.25. The van der Waals surface area contributed by atoms with Crippen molar-refractivity contribution >= 4 is 34.9 Å². The summed E-state index contributed by atoms with van der Waals surface area (Å²) in [7, 11) is -2.35. The Labute approximate surface area is 129 Å². The predicted octanol–water partition coefficient (Wildman–Crippen LogP) is 0.469. The Morgan fingerprint density at radius 3 is 1.78 bits per heavy atom. The maximum atomic E-state index is 11.6. The largest absolute Gasteiger partial charge is 1.00 e. The van der Waals surface area contributed by atoms with Crippen molar-refractivity contribution in [2.45, 2.75) is 0 Å². The van der Waals surface area contributed by atoms with E-state index in [2.05, 4.69) is 0 Å². The molecule has 2 nitrogen and oxygen atoms in total. The summed E-state index contributed by atoms with van der Waals surface area (Å²) in [6, 6.07) is 17.4. The van der Waals surface area contributed by atoms with E-state index in [4.69, 9.17) is 0 Å². The first-order valence-electron chi connectivity index (χ1n) is 5.34. The molecule has 0 heterocycles. The summed E-state index contributed by atoms with van der Waals surface area (Å²) in [5.41, 5.74) is 0. The molecule has 0 amide bonds. The van der Waals surface area contributed by atoms with Gasteiger partial charge in [0.15, 0.2) is 0 Å². The van der Waals surface area contributed by atoms with E-state index in [1.807, 2.05) is 54.6 Å². The van der Waals surface area contributed by atoms with E-state index >= 15 is 0 Å². The number of hydrogen-bond donors (Lipinski definition) is 1. The zero-order chi connectivity index (χ0) is 11.8. The van der Waals surface area contributed by atoms with Crippen LogP contribution in [0.15, 0.2) is 54.6 Å². The average molecular weight is 265 g/mol. The van der Waals surface area contributed by atoms with Gasteiger partial charge < -0.3 is 1.43 Å². The fraction of sp³-hybridized carbons (Fsp3) is 0. The summed E-state index contributed by atoms with van der Waals surface area (Å²) in [6.45, 7) is 0. The average Bonchev–Trinajstić information content (AvgIpc) is 2.35. The maximum Gasteiger partial charge on any atom is 1.00 e. The molecule has 0 spiro atoms. The monoisotopic (exact) mass is 265 g/mol. The van der Waals surface area contributed by atoms with Crippen molar-refractivity contribution in [1.82, 2.24) is 0 Å². The summed E-state index contributed by atoms with van der Waals surface area (Å²) >= 11 is 0. The molecule has 0 aliphatic heterocycles. The van der Waals surface area contributed by atoms with Gasteiger partial charge in [-0.3, -0.25) is 0 Å². The van der Waals surface area contributed by atoms with Gasteiger partial charge in [-0.2, -0.15) is 4.89 Å². The second-order valence-corrected chi connectivity index (χ2v) is 4.93. The Morgan fingerprint density at radius 1 is 0.889 bits per heavy atom. The molecule has 1 atom stereocenters. The molecule has 0 aromatic heterocycles. The van der Waals surface area contributed by atoms with E-state index in [0.717, 1.165) is 21.5 Å². The van der Waals surface area contributed by atoms with E-state index in [-0.39, 0.29) is 31.0 Å². The first kappa shape index (κ1) is 13.7. The van der Waals surface area contributed by atoms with Crippen molar-refractivity contribution in [2.24, 2.45) is 0 Å². The van der Waals surface area contributed by atoms with Crippen LogP contribution in [0, 0.1) is 0 Å². The van der Waals surface area contributed by atoms with Crippen molar-refractivity contribution in [1.29, 1.82) is 0 Å². The Balaban J connectivity index is 0.000000902. The number of benzene rings is 3. The third-order valence-electron chi connectivity index (χ3n) is 2.93. The van der Waals surface area contributed by atoms with Crippen molar-refractivity contribution in [3.8, 4) is 0 Å². The van der Waals surface area contributed by atoms with Crippen molar-refractivity contribution < 1.29 is 40.4 Å². The molecular formula is C14H11NaO2P+. The molecule has 1 N–H and O–H groups in total. The van der Waals surface area contributed by atoms with Crippen LogP contribution in [-0.4, -0.2) is 4.89 Å². The summed E-state index contributed by atoms with van der Waals surface area (Å²) in [4.78, 5) is 9.53. The standard InChI is InChI=1S/C14H9O2P.Na.H/c15-17(16)14-12-7-3-1-5-10(12)9-11-6-2-4-8-13(11)14;;/h1-9H;;/q;+1;-1/p+1. The van der Waals surface area contributed by atoms with Gasteiger partial charge in [0.25, 0.3) is 0 Å². The first-order valence-corrected chi connectivity index (χ1v) is 6.55. The molecular weight excluding hydrogens is 254 g/mol. The second-order valence-electron chi connectivity index (χ2n) is 3.94. The Bertz CT molecular complexity index is 692. The topological polar surface area (TPSA) is 37.3 Å². The van der Waals surface area contributed by atoms with Gasteiger partial charge in [-0.05, 0) is 33.5 Å². The zero-order valence-electron chi connectivity index (χ0n) is 11.0. The smallest absolute Gasteiger partial charge is 1.00 e. The molecule has 0 bridgehead atoms. The number of hydrogen-bond acceptors (Lipinski definition) is 1. The van der Waals surface area contributed by atoms with Crippen molar-refractivity contribution in [2.75, 3.05) is 0 Å². The zero-order valence-corrected chi connectivity index (χ0v) is 12.9. The van der Waals surface area contributed by atoms with E-state index in [1.54, 1.807) is 0 Å². The van der Waals surface area contributed by atoms with Gasteiger partial charge >= 0.3 is 37.6 Å². The van der Waals surface area contributed by atoms with Crippen LogP contribution in [0.3, 0.4) is 0 Å². The van der Waals surface area contributed by atoms with Gasteiger partial charge in [0, 0.05) is 10.8 Å². The maximum absolute atomic E-state index is 11.6. The van der Waals surface area contributed by atoms with Gasteiger partial charge in [-0.1, -0.05) is 36.4 Å². The Morgan fingerprint density at radius 2 is 1.33 bits per heavy atom. The van der Waals surface area contributed by atoms with Crippen LogP contribution in [0.1, 0.15) is 1.43 Å². The SMILES string of the molecule is O=[P+](O)c1c2ccccc2cc2ccccc12.[H-].[Na+]. The van der Waals surface area contributed by atoms with Crippen molar-refractivity contribution in [3.05, 3.63) is 54.6 Å². The summed E-state index contributed by atoms with van der Waals surface area (Å²) in [6.07, 6.45) is 0. The normalized spacial score (nSPS) is 11.3. The molecule has 0 saturated carbocycles. The minimum atomic E-state index is -2.35. The van der Waals surface area contributed by atoms with Crippen LogP contribution in [0.5, 0.6) is 0 Å². The van der Waals surface area contributed by atoms with Gasteiger partial charge in [-0.15, -0.1) is 0 Å². The fourth-order valence-corrected chi connectivity index (χ4v) is 3.02. The van der Waals surface area contributed by atoms with Crippen LogP contribution in [0.4, 0.5) is 0 Å². The summed E-state index contributed by atoms with van der Waals surface area (Å²) in [5.74, 6) is 0. The van der Waals surface area contributed by atoms with E-state index in [9.17, 15) is 9.46 Å². The van der Waals surface area contributed by atoms with Crippen LogP contribution < -0.4 is 34.9 Å². The first-order chi connectivity index (χ1) is 8.27. The quantitative estimate of drug-likeness (QED) is 0.394. The molecule has 0 fully saturated rings. The van der Waals surface area contributed by atoms with Crippen LogP contribution in [0.2, 0.25) is 0 Å². The molecule has 0 aliphatic carbocycles. The molecule has 0 radical (unpaired) electrons. The summed E-state index contributed by atoms with van der Waals surface area (Å²) < 4.78 is 11.6. The van der Waals surface area contributed by atoms with Gasteiger partial charge in [0.1, 0.15) is 0 Å². The molecule has 0 aliphatic rings. The molecule has 4 heteroatoms. The minimum Gasteiger partial charge on any atom is -1.00 e. The Hall–Kier alpha value is -0.760. The molecule has 3 aromatic carbocycles. The Kier molecular flexibility index (Phi) is 4.16. The van der Waals surface area contributed by atoms with E-state index < -0.39 is 8.03 Å². The third-order valence-corrected chi connectivity index (χ3v) is 3.80. The van der Waals surface area contributed by atoms with E-state index in [1.165, 1.54) is 0 Å².